The molecule has 7 nitrogen and oxygen atoms in total. The minimum absolute atomic E-state index is 0.0523. The topological polar surface area (TPSA) is 77.0 Å². The summed E-state index contributed by atoms with van der Waals surface area (Å²) >= 11 is 0. The molecule has 1 fully saturated rings. The molecule has 0 aliphatic carbocycles. The summed E-state index contributed by atoms with van der Waals surface area (Å²) in [6.07, 6.45) is 3.78. The Hall–Kier alpha value is -2.57. The van der Waals surface area contributed by atoms with Crippen molar-refractivity contribution < 1.29 is 9.59 Å². The quantitative estimate of drug-likeness (QED) is 0.617. The predicted octanol–water partition coefficient (Wildman–Crippen LogP) is 1.14. The van der Waals surface area contributed by atoms with Gasteiger partial charge in [0.05, 0.1) is 6.54 Å². The number of amides is 2. The minimum atomic E-state index is 0.0523. The van der Waals surface area contributed by atoms with Crippen LogP contribution in [-0.2, 0) is 16.0 Å². The molecular formula is C20H29N5O2. The van der Waals surface area contributed by atoms with Crippen LogP contribution in [0.25, 0.3) is 0 Å². The molecule has 7 heteroatoms. The van der Waals surface area contributed by atoms with Gasteiger partial charge in [-0.25, -0.2) is 0 Å². The van der Waals surface area contributed by atoms with Gasteiger partial charge in [0, 0.05) is 45.3 Å². The molecule has 1 saturated heterocycles. The minimum Gasteiger partial charge on any atom is -0.354 e. The number of guanidine groups is 1. The van der Waals surface area contributed by atoms with Crippen LogP contribution in [0.3, 0.4) is 0 Å². The van der Waals surface area contributed by atoms with Crippen molar-refractivity contribution in [1.29, 1.82) is 0 Å². The van der Waals surface area contributed by atoms with Crippen LogP contribution >= 0.6 is 0 Å². The number of likely N-dealkylation sites (tertiary alicyclic amines) is 1. The molecule has 0 aromatic heterocycles. The molecule has 0 spiro atoms. The van der Waals surface area contributed by atoms with Crippen LogP contribution in [0.15, 0.2) is 29.3 Å². The molecule has 2 aliphatic rings. The molecule has 1 aromatic rings. The van der Waals surface area contributed by atoms with Gasteiger partial charge >= 0.3 is 0 Å². The Morgan fingerprint density at radius 1 is 1.19 bits per heavy atom. The summed E-state index contributed by atoms with van der Waals surface area (Å²) in [5.41, 5.74) is 2.26. The molecule has 0 unspecified atom stereocenters. The fourth-order valence-electron chi connectivity index (χ4n) is 3.77. The van der Waals surface area contributed by atoms with Gasteiger partial charge in [-0.2, -0.15) is 0 Å². The van der Waals surface area contributed by atoms with Gasteiger partial charge in [0.15, 0.2) is 5.96 Å². The smallest absolute Gasteiger partial charge is 0.246 e. The number of anilines is 1. The summed E-state index contributed by atoms with van der Waals surface area (Å²) in [6.45, 7) is 4.09. The number of fused-ring (bicyclic) bond motifs is 1. The van der Waals surface area contributed by atoms with E-state index in [1.807, 2.05) is 28.0 Å². The van der Waals surface area contributed by atoms with E-state index in [0.29, 0.717) is 5.96 Å². The third-order valence-electron chi connectivity index (χ3n) is 5.32. The lowest BCUT2D eigenvalue weighted by molar-refractivity contribution is -0.129. The average molecular weight is 371 g/mol. The van der Waals surface area contributed by atoms with E-state index in [9.17, 15) is 9.59 Å². The average Bonchev–Trinajstić information content (AvgIpc) is 2.70. The van der Waals surface area contributed by atoms with Crippen molar-refractivity contribution in [1.82, 2.24) is 15.5 Å². The summed E-state index contributed by atoms with van der Waals surface area (Å²) < 4.78 is 0. The van der Waals surface area contributed by atoms with Crippen LogP contribution < -0.4 is 15.5 Å². The second kappa shape index (κ2) is 8.88. The number of carbonyl (C=O) groups is 2. The SMILES string of the molecule is CN=C(NCC(=O)N1CCCc2ccccc21)NC1CCN(C(C)=O)CC1. The fraction of sp³-hybridized carbons (Fsp3) is 0.550. The molecule has 27 heavy (non-hydrogen) atoms. The molecule has 0 atom stereocenters. The Morgan fingerprint density at radius 3 is 2.63 bits per heavy atom. The van der Waals surface area contributed by atoms with Gasteiger partial charge in [-0.1, -0.05) is 18.2 Å². The zero-order valence-corrected chi connectivity index (χ0v) is 16.2. The molecule has 0 bridgehead atoms. The number of hydrogen-bond acceptors (Lipinski definition) is 3. The van der Waals surface area contributed by atoms with Crippen LogP contribution in [0, 0.1) is 0 Å². The van der Waals surface area contributed by atoms with Crippen LogP contribution in [0.1, 0.15) is 31.7 Å². The third-order valence-corrected chi connectivity index (χ3v) is 5.32. The van der Waals surface area contributed by atoms with Crippen LogP contribution in [-0.4, -0.2) is 61.9 Å². The van der Waals surface area contributed by atoms with E-state index in [2.05, 4.69) is 21.7 Å². The lowest BCUT2D eigenvalue weighted by Gasteiger charge is -2.33. The Labute approximate surface area is 160 Å². The largest absolute Gasteiger partial charge is 0.354 e. The van der Waals surface area contributed by atoms with E-state index in [-0.39, 0.29) is 24.4 Å². The molecule has 146 valence electrons. The Balaban J connectivity index is 1.50. The highest BCUT2D eigenvalue weighted by atomic mass is 16.2. The van der Waals surface area contributed by atoms with E-state index >= 15 is 0 Å². The first-order valence-electron chi connectivity index (χ1n) is 9.69. The molecular weight excluding hydrogens is 342 g/mol. The number of benzene rings is 1. The Bertz CT molecular complexity index is 710. The first kappa shape index (κ1) is 19.2. The van der Waals surface area contributed by atoms with Gasteiger partial charge in [0.25, 0.3) is 0 Å². The first-order chi connectivity index (χ1) is 13.1. The number of para-hydroxylation sites is 1. The van der Waals surface area contributed by atoms with E-state index in [1.54, 1.807) is 14.0 Å². The number of rotatable bonds is 3. The second-order valence-corrected chi connectivity index (χ2v) is 7.13. The number of nitrogens with zero attached hydrogens (tertiary/aromatic N) is 3. The molecule has 2 amide bonds. The van der Waals surface area contributed by atoms with Gasteiger partial charge in [-0.15, -0.1) is 0 Å². The van der Waals surface area contributed by atoms with Crippen molar-refractivity contribution in [3.8, 4) is 0 Å². The number of carbonyl (C=O) groups excluding carboxylic acids is 2. The predicted molar refractivity (Wildman–Crippen MR) is 107 cm³/mol. The number of piperidine rings is 1. The zero-order chi connectivity index (χ0) is 19.2. The lowest BCUT2D eigenvalue weighted by atomic mass is 10.0. The van der Waals surface area contributed by atoms with Gasteiger partial charge < -0.3 is 20.4 Å². The Kier molecular flexibility index (Phi) is 6.32. The van der Waals surface area contributed by atoms with Crippen molar-refractivity contribution >= 4 is 23.5 Å². The summed E-state index contributed by atoms with van der Waals surface area (Å²) in [5, 5.41) is 6.52. The van der Waals surface area contributed by atoms with Crippen molar-refractivity contribution in [3.05, 3.63) is 29.8 Å². The number of aliphatic imine (C=N–C) groups is 1. The maximum absolute atomic E-state index is 12.7. The normalized spacial score (nSPS) is 18.1. The highest BCUT2D eigenvalue weighted by Gasteiger charge is 2.23. The standard InChI is InChI=1S/C20H29N5O2/c1-15(26)24-12-9-17(10-13-24)23-20(21-2)22-14-19(27)25-11-5-7-16-6-3-4-8-18(16)25/h3-4,6,8,17H,5,7,9-14H2,1-2H3,(H2,21,22,23). The van der Waals surface area contributed by atoms with E-state index in [1.165, 1.54) is 5.56 Å². The maximum Gasteiger partial charge on any atom is 0.246 e. The zero-order valence-electron chi connectivity index (χ0n) is 16.2. The van der Waals surface area contributed by atoms with Gasteiger partial charge in [0.2, 0.25) is 11.8 Å². The number of nitrogens with one attached hydrogen (secondary N) is 2. The molecule has 3 rings (SSSR count). The summed E-state index contributed by atoms with van der Waals surface area (Å²) in [4.78, 5) is 32.1. The fourth-order valence-corrected chi connectivity index (χ4v) is 3.77. The van der Waals surface area contributed by atoms with Crippen molar-refractivity contribution in [3.63, 3.8) is 0 Å². The van der Waals surface area contributed by atoms with Crippen molar-refractivity contribution in [2.24, 2.45) is 4.99 Å². The monoisotopic (exact) mass is 371 g/mol. The van der Waals surface area contributed by atoms with Crippen molar-refractivity contribution in [2.45, 2.75) is 38.6 Å². The molecule has 1 aromatic carbocycles. The second-order valence-electron chi connectivity index (χ2n) is 7.13. The van der Waals surface area contributed by atoms with Gasteiger partial charge in [-0.3, -0.25) is 14.6 Å². The third kappa shape index (κ3) is 4.78. The lowest BCUT2D eigenvalue weighted by Crippen LogP contribution is -2.51. The number of hydrogen-bond donors (Lipinski definition) is 2. The summed E-state index contributed by atoms with van der Waals surface area (Å²) in [5.74, 6) is 0.815. The summed E-state index contributed by atoms with van der Waals surface area (Å²) in [7, 11) is 1.71. The molecule has 2 aliphatic heterocycles. The number of aryl methyl sites for hydroxylation is 1. The van der Waals surface area contributed by atoms with E-state index in [4.69, 9.17) is 0 Å². The van der Waals surface area contributed by atoms with Crippen LogP contribution in [0.5, 0.6) is 0 Å². The molecule has 0 saturated carbocycles. The summed E-state index contributed by atoms with van der Waals surface area (Å²) in [6, 6.07) is 8.37. The van der Waals surface area contributed by atoms with Crippen LogP contribution in [0.4, 0.5) is 5.69 Å². The van der Waals surface area contributed by atoms with Gasteiger partial charge in [0.1, 0.15) is 0 Å². The van der Waals surface area contributed by atoms with Crippen molar-refractivity contribution in [2.75, 3.05) is 38.1 Å². The van der Waals surface area contributed by atoms with E-state index < -0.39 is 0 Å². The van der Waals surface area contributed by atoms with Gasteiger partial charge in [-0.05, 0) is 37.3 Å². The maximum atomic E-state index is 12.7. The first-order valence-corrected chi connectivity index (χ1v) is 9.69. The highest BCUT2D eigenvalue weighted by Crippen LogP contribution is 2.26. The van der Waals surface area contributed by atoms with E-state index in [0.717, 1.165) is 51.0 Å². The van der Waals surface area contributed by atoms with Crippen LogP contribution in [0.2, 0.25) is 0 Å². The molecule has 2 heterocycles. The highest BCUT2D eigenvalue weighted by molar-refractivity contribution is 5.98. The molecule has 0 radical (unpaired) electrons. The Morgan fingerprint density at radius 2 is 1.93 bits per heavy atom. The molecule has 2 N–H and O–H groups in total.